The van der Waals surface area contributed by atoms with E-state index in [1.54, 1.807) is 12.1 Å². The van der Waals surface area contributed by atoms with Gasteiger partial charge in [-0.25, -0.2) is 13.6 Å². The van der Waals surface area contributed by atoms with E-state index in [1.807, 2.05) is 0 Å². The zero-order chi connectivity index (χ0) is 17.0. The van der Waals surface area contributed by atoms with Crippen LogP contribution >= 0.6 is 0 Å². The Morgan fingerprint density at radius 2 is 1.74 bits per heavy atom. The molecule has 23 heavy (non-hydrogen) atoms. The number of carbonyl (C=O) groups is 1. The van der Waals surface area contributed by atoms with E-state index in [0.717, 1.165) is 19.2 Å². The monoisotopic (exact) mass is 320 g/mol. The van der Waals surface area contributed by atoms with Gasteiger partial charge in [-0.15, -0.1) is 5.11 Å². The molecule has 0 spiro atoms. The average Bonchev–Trinajstić information content (AvgIpc) is 2.53. The van der Waals surface area contributed by atoms with Crippen molar-refractivity contribution in [3.05, 3.63) is 53.6 Å². The molecule has 0 radical (unpaired) electrons. The number of hydrogen-bond donors (Lipinski definition) is 2. The van der Waals surface area contributed by atoms with Gasteiger partial charge in [0.1, 0.15) is 0 Å². The molecule has 9 heteroatoms. The average molecular weight is 320 g/mol. The van der Waals surface area contributed by atoms with Gasteiger partial charge in [0.15, 0.2) is 17.3 Å². The van der Waals surface area contributed by atoms with Gasteiger partial charge in [-0.05, 0) is 18.2 Å². The first-order valence-corrected chi connectivity index (χ1v) is 6.38. The van der Waals surface area contributed by atoms with E-state index < -0.39 is 30.4 Å². The van der Waals surface area contributed by atoms with Gasteiger partial charge in [0.2, 0.25) is 0 Å². The number of halogens is 2. The third-order valence-corrected chi connectivity index (χ3v) is 2.91. The Bertz CT molecular complexity index is 745. The number of carbonyl (C=O) groups excluding carboxylic acids is 1. The molecule has 0 aliphatic carbocycles. The molecule has 0 atom stereocenters. The van der Waals surface area contributed by atoms with Crippen molar-refractivity contribution in [3.63, 3.8) is 0 Å². The van der Waals surface area contributed by atoms with E-state index >= 15 is 0 Å². The highest BCUT2D eigenvalue weighted by Gasteiger charge is 2.17. The summed E-state index contributed by atoms with van der Waals surface area (Å²) >= 11 is 0. The van der Waals surface area contributed by atoms with Crippen LogP contribution in [0.1, 0.15) is 10.4 Å². The zero-order valence-corrected chi connectivity index (χ0v) is 11.9. The van der Waals surface area contributed by atoms with Gasteiger partial charge in [0.05, 0.1) is 18.4 Å². The number of nitrogens with zero attached hydrogens (tertiary/aromatic N) is 2. The molecule has 0 saturated heterocycles. The first-order chi connectivity index (χ1) is 10.9. The topological polar surface area (TPSA) is 91.5 Å². The molecule has 0 fully saturated rings. The Balaban J connectivity index is 2.39. The van der Waals surface area contributed by atoms with E-state index in [4.69, 9.17) is 0 Å². The summed E-state index contributed by atoms with van der Waals surface area (Å²) < 4.78 is 32.1. The van der Waals surface area contributed by atoms with Crippen molar-refractivity contribution in [2.75, 3.05) is 7.11 Å². The minimum atomic E-state index is -1.80. The van der Waals surface area contributed by atoms with Crippen molar-refractivity contribution < 1.29 is 28.4 Å². The maximum atomic E-state index is 13.9. The van der Waals surface area contributed by atoms with Crippen LogP contribution in [-0.2, 0) is 4.74 Å². The molecule has 2 aromatic rings. The third kappa shape index (κ3) is 3.76. The first kappa shape index (κ1) is 16.7. The lowest BCUT2D eigenvalue weighted by Crippen LogP contribution is -2.29. The summed E-state index contributed by atoms with van der Waals surface area (Å²) in [6, 6.07) is 7.42. The van der Waals surface area contributed by atoms with Crippen LogP contribution in [0.5, 0.6) is 0 Å². The highest BCUT2D eigenvalue weighted by Crippen LogP contribution is 2.26. The normalized spacial score (nSPS) is 10.8. The molecule has 0 heterocycles. The van der Waals surface area contributed by atoms with Crippen molar-refractivity contribution in [2.24, 2.45) is 10.2 Å². The molecule has 2 rings (SSSR count). The van der Waals surface area contributed by atoms with E-state index in [2.05, 4.69) is 15.0 Å². The second-order valence-electron chi connectivity index (χ2n) is 4.41. The van der Waals surface area contributed by atoms with Gasteiger partial charge in [0.25, 0.3) is 0 Å². The number of ether oxygens (including phenoxy) is 1. The van der Waals surface area contributed by atoms with E-state index in [0.29, 0.717) is 0 Å². The molecule has 0 aliphatic heterocycles. The molecule has 0 unspecified atom stereocenters. The highest BCUT2D eigenvalue weighted by atomic mass is 19.1. The number of benzene rings is 2. The summed E-state index contributed by atoms with van der Waals surface area (Å²) in [7, 11) is -0.718. The molecule has 6 nitrogen and oxygen atoms in total. The van der Waals surface area contributed by atoms with Crippen molar-refractivity contribution in [1.29, 1.82) is 0 Å². The molecule has 0 aliphatic rings. The van der Waals surface area contributed by atoms with Crippen molar-refractivity contribution in [1.82, 2.24) is 0 Å². The van der Waals surface area contributed by atoms with Gasteiger partial charge in [-0.1, -0.05) is 18.2 Å². The van der Waals surface area contributed by atoms with E-state index in [-0.39, 0.29) is 16.7 Å². The second kappa shape index (κ2) is 7.08. The fourth-order valence-corrected chi connectivity index (χ4v) is 1.80. The number of rotatable bonds is 4. The van der Waals surface area contributed by atoms with Crippen LogP contribution in [0.2, 0.25) is 0 Å². The third-order valence-electron chi connectivity index (χ3n) is 2.91. The Morgan fingerprint density at radius 1 is 1.13 bits per heavy atom. The lowest BCUT2D eigenvalue weighted by atomic mass is 9.79. The highest BCUT2D eigenvalue weighted by molar-refractivity contribution is 6.60. The summed E-state index contributed by atoms with van der Waals surface area (Å²) in [5.74, 6) is -3.09. The zero-order valence-electron chi connectivity index (χ0n) is 11.9. The Hall–Kier alpha value is -2.65. The Labute approximate surface area is 130 Å². The molecule has 0 bridgehead atoms. The molecule has 0 amide bonds. The second-order valence-corrected chi connectivity index (χ2v) is 4.41. The number of esters is 1. The number of methoxy groups -OCH3 is 1. The maximum absolute atomic E-state index is 13.9. The number of hydrogen-bond acceptors (Lipinski definition) is 6. The summed E-state index contributed by atoms with van der Waals surface area (Å²) in [4.78, 5) is 11.3. The lowest BCUT2D eigenvalue weighted by Gasteiger charge is -2.04. The van der Waals surface area contributed by atoms with Crippen LogP contribution in [0, 0.1) is 11.6 Å². The van der Waals surface area contributed by atoms with Gasteiger partial charge >= 0.3 is 13.1 Å². The van der Waals surface area contributed by atoms with Crippen LogP contribution in [-0.4, -0.2) is 30.2 Å². The van der Waals surface area contributed by atoms with Gasteiger partial charge in [0, 0.05) is 5.46 Å². The molecule has 0 saturated carbocycles. The summed E-state index contributed by atoms with van der Waals surface area (Å²) in [6.45, 7) is 0. The van der Waals surface area contributed by atoms with Crippen LogP contribution < -0.4 is 5.46 Å². The predicted molar refractivity (Wildman–Crippen MR) is 78.1 cm³/mol. The molecular weight excluding hydrogens is 309 g/mol. The maximum Gasteiger partial charge on any atom is 0.490 e. The van der Waals surface area contributed by atoms with Crippen molar-refractivity contribution in [2.45, 2.75) is 0 Å². The largest absolute Gasteiger partial charge is 0.490 e. The summed E-state index contributed by atoms with van der Waals surface area (Å²) in [6.07, 6.45) is 0. The standard InChI is InChI=1S/C14H11BF2N2O4/c1-23-14(20)8-6-10(16)13(11(17)7-8)19-18-12-5-3-2-4-9(12)15(21)22/h2-7,21-22H,1H3/b19-18+. The van der Waals surface area contributed by atoms with Crippen LogP contribution in [0.4, 0.5) is 20.2 Å². The van der Waals surface area contributed by atoms with Crippen LogP contribution in [0.3, 0.4) is 0 Å². The van der Waals surface area contributed by atoms with Crippen molar-refractivity contribution >= 4 is 29.9 Å². The van der Waals surface area contributed by atoms with Gasteiger partial charge in [-0.2, -0.15) is 5.11 Å². The summed E-state index contributed by atoms with van der Waals surface area (Å²) in [5, 5.41) is 25.4. The number of azo groups is 1. The van der Waals surface area contributed by atoms with Crippen LogP contribution in [0.15, 0.2) is 46.6 Å². The molecule has 2 aromatic carbocycles. The predicted octanol–water partition coefficient (Wildman–Crippen LogP) is 1.85. The lowest BCUT2D eigenvalue weighted by molar-refractivity contribution is 0.0599. The smallest absolute Gasteiger partial charge is 0.465 e. The van der Waals surface area contributed by atoms with Gasteiger partial charge in [-0.3, -0.25) is 0 Å². The molecule has 118 valence electrons. The first-order valence-electron chi connectivity index (χ1n) is 6.38. The van der Waals surface area contributed by atoms with Crippen LogP contribution in [0.25, 0.3) is 0 Å². The van der Waals surface area contributed by atoms with E-state index in [9.17, 15) is 23.6 Å². The Kier molecular flexibility index (Phi) is 5.14. The van der Waals surface area contributed by atoms with Crippen molar-refractivity contribution in [3.8, 4) is 0 Å². The molecule has 0 aromatic heterocycles. The Morgan fingerprint density at radius 3 is 2.30 bits per heavy atom. The van der Waals surface area contributed by atoms with E-state index in [1.165, 1.54) is 12.1 Å². The minimum absolute atomic E-state index is 0.0308. The minimum Gasteiger partial charge on any atom is -0.465 e. The SMILES string of the molecule is COC(=O)c1cc(F)c(/N=N/c2ccccc2B(O)O)c(F)c1. The fourth-order valence-electron chi connectivity index (χ4n) is 1.80. The molecule has 2 N–H and O–H groups in total. The molecular formula is C14H11BF2N2O4. The quantitative estimate of drug-likeness (QED) is 0.511. The fraction of sp³-hybridized carbons (Fsp3) is 0.0714. The summed E-state index contributed by atoms with van der Waals surface area (Å²) in [5.41, 5.74) is -0.936. The van der Waals surface area contributed by atoms with Gasteiger partial charge < -0.3 is 14.8 Å².